The quantitative estimate of drug-likeness (QED) is 0.447. The number of hydrogen-bond acceptors (Lipinski definition) is 0. The Bertz CT molecular complexity index is 770. The summed E-state index contributed by atoms with van der Waals surface area (Å²) in [5.74, 6) is 0. The third kappa shape index (κ3) is 2.50. The predicted octanol–water partition coefficient (Wildman–Crippen LogP) is 7.86. The van der Waals surface area contributed by atoms with Gasteiger partial charge in [-0.25, -0.2) is 0 Å². The first-order valence-corrected chi connectivity index (χ1v) is 17.8. The van der Waals surface area contributed by atoms with Crippen LogP contribution in [0.2, 0.25) is 3.12 Å². The van der Waals surface area contributed by atoms with Crippen LogP contribution in [0.15, 0.2) is 52.6 Å². The maximum atomic E-state index is 7.43. The average Bonchev–Trinajstić information content (AvgIpc) is 3.07. The van der Waals surface area contributed by atoms with Crippen molar-refractivity contribution >= 4 is 23.1 Å². The second-order valence-electron chi connectivity index (χ2n) is 7.32. The van der Waals surface area contributed by atoms with Crippen LogP contribution in [-0.2, 0) is 17.9 Å². The molecular formula is C21H26Cl2Zr. The summed E-state index contributed by atoms with van der Waals surface area (Å²) in [4.78, 5) is 0. The predicted molar refractivity (Wildman–Crippen MR) is 104 cm³/mol. The Balaban J connectivity index is 2.14. The van der Waals surface area contributed by atoms with E-state index in [0.29, 0.717) is 0 Å². The van der Waals surface area contributed by atoms with Gasteiger partial charge < -0.3 is 0 Å². The fourth-order valence-electron chi connectivity index (χ4n) is 4.50. The van der Waals surface area contributed by atoms with E-state index < -0.39 is 17.9 Å². The standard InChI is InChI=1S/C12H19.C9H7.2ClH.Zr/c1-6-7-12-10(4)8(2)9(3)11(12)5;1-2-5-9-7-3-6-8(9)4-1;;;/h6-7H2,1-5H3;1-7H;2*1H;/q;;;;+2/p-2. The van der Waals surface area contributed by atoms with Gasteiger partial charge in [0.1, 0.15) is 0 Å². The zero-order valence-electron chi connectivity index (χ0n) is 15.2. The SMILES string of the molecule is CCCC1=C(C)C(C)=C(C)[C]1(C)[Zr]([Cl])([Cl])[CH]1C=Cc2ccccc21. The molecule has 0 nitrogen and oxygen atoms in total. The molecule has 3 heteroatoms. The molecule has 0 saturated carbocycles. The van der Waals surface area contributed by atoms with Gasteiger partial charge in [-0.15, -0.1) is 0 Å². The van der Waals surface area contributed by atoms with E-state index in [1.165, 1.54) is 33.4 Å². The molecule has 0 aliphatic heterocycles. The topological polar surface area (TPSA) is 0 Å². The number of allylic oxidation sites excluding steroid dienone is 5. The van der Waals surface area contributed by atoms with Crippen molar-refractivity contribution in [2.24, 2.45) is 0 Å². The van der Waals surface area contributed by atoms with Gasteiger partial charge in [0.05, 0.1) is 0 Å². The zero-order valence-corrected chi connectivity index (χ0v) is 19.2. The molecule has 0 bridgehead atoms. The first-order valence-electron chi connectivity index (χ1n) is 8.80. The summed E-state index contributed by atoms with van der Waals surface area (Å²) in [5.41, 5.74) is 8.33. The van der Waals surface area contributed by atoms with Crippen LogP contribution in [0.25, 0.3) is 6.08 Å². The molecular weight excluding hydrogens is 414 g/mol. The molecule has 0 radical (unpaired) electrons. The molecule has 3 rings (SSSR count). The summed E-state index contributed by atoms with van der Waals surface area (Å²) in [7, 11) is 14.9. The van der Waals surface area contributed by atoms with Crippen LogP contribution in [0.4, 0.5) is 0 Å². The van der Waals surface area contributed by atoms with Crippen LogP contribution < -0.4 is 0 Å². The molecule has 24 heavy (non-hydrogen) atoms. The van der Waals surface area contributed by atoms with Gasteiger partial charge in [-0.3, -0.25) is 0 Å². The molecule has 2 atom stereocenters. The second-order valence-corrected chi connectivity index (χ2v) is 22.6. The first-order chi connectivity index (χ1) is 11.3. The summed E-state index contributed by atoms with van der Waals surface area (Å²) in [6.45, 7) is 11.3. The van der Waals surface area contributed by atoms with E-state index in [1.807, 2.05) is 0 Å². The summed E-state index contributed by atoms with van der Waals surface area (Å²) < 4.78 is 0.0818. The van der Waals surface area contributed by atoms with Crippen LogP contribution in [0.3, 0.4) is 0 Å². The van der Waals surface area contributed by atoms with Crippen LogP contribution in [0.1, 0.15) is 62.2 Å². The molecule has 0 heterocycles. The molecule has 0 aromatic heterocycles. The van der Waals surface area contributed by atoms with E-state index in [9.17, 15) is 0 Å². The van der Waals surface area contributed by atoms with E-state index >= 15 is 0 Å². The molecule has 2 aliphatic carbocycles. The number of benzene rings is 1. The zero-order chi connectivity index (χ0) is 17.7. The fraction of sp³-hybridized carbons (Fsp3) is 0.429. The van der Waals surface area contributed by atoms with Crippen molar-refractivity contribution in [3.8, 4) is 0 Å². The molecule has 1 aromatic rings. The van der Waals surface area contributed by atoms with Crippen LogP contribution >= 0.6 is 17.0 Å². The monoisotopic (exact) mass is 438 g/mol. The van der Waals surface area contributed by atoms with Crippen molar-refractivity contribution < 1.29 is 17.9 Å². The molecule has 0 N–H and O–H groups in total. The Morgan fingerprint density at radius 3 is 2.42 bits per heavy atom. The molecule has 2 aliphatic rings. The number of rotatable bonds is 4. The molecule has 0 amide bonds. The number of halogens is 2. The molecule has 0 saturated heterocycles. The van der Waals surface area contributed by atoms with Gasteiger partial charge in [-0.1, -0.05) is 0 Å². The second kappa shape index (κ2) is 6.57. The van der Waals surface area contributed by atoms with Gasteiger partial charge >= 0.3 is 159 Å². The van der Waals surface area contributed by atoms with Crippen molar-refractivity contribution in [1.29, 1.82) is 0 Å². The van der Waals surface area contributed by atoms with Gasteiger partial charge in [0.25, 0.3) is 0 Å². The average molecular weight is 441 g/mol. The van der Waals surface area contributed by atoms with Gasteiger partial charge in [0.15, 0.2) is 0 Å². The van der Waals surface area contributed by atoms with E-state index in [0.717, 1.165) is 12.8 Å². The third-order valence-corrected chi connectivity index (χ3v) is 21.6. The van der Waals surface area contributed by atoms with Gasteiger partial charge in [0, 0.05) is 0 Å². The van der Waals surface area contributed by atoms with E-state index in [-0.39, 0.29) is 6.75 Å². The fourth-order valence-corrected chi connectivity index (χ4v) is 17.2. The maximum absolute atomic E-state index is 7.43. The summed E-state index contributed by atoms with van der Waals surface area (Å²) in [6.07, 6.45) is 6.70. The third-order valence-electron chi connectivity index (χ3n) is 6.29. The van der Waals surface area contributed by atoms with Crippen molar-refractivity contribution in [3.05, 3.63) is 63.8 Å². The van der Waals surface area contributed by atoms with Crippen LogP contribution in [0, 0.1) is 0 Å². The Morgan fingerprint density at radius 2 is 1.75 bits per heavy atom. The van der Waals surface area contributed by atoms with Crippen LogP contribution in [0.5, 0.6) is 0 Å². The normalized spacial score (nSPS) is 26.5. The summed E-state index contributed by atoms with van der Waals surface area (Å²) in [6, 6.07) is 8.56. The summed E-state index contributed by atoms with van der Waals surface area (Å²) >= 11 is -3.64. The van der Waals surface area contributed by atoms with E-state index in [1.54, 1.807) is 0 Å². The Hall–Kier alpha value is -0.0969. The molecule has 128 valence electrons. The van der Waals surface area contributed by atoms with E-state index in [4.69, 9.17) is 17.0 Å². The minimum atomic E-state index is -3.64. The molecule has 1 aromatic carbocycles. The van der Waals surface area contributed by atoms with Crippen molar-refractivity contribution in [2.75, 3.05) is 0 Å². The van der Waals surface area contributed by atoms with Gasteiger partial charge in [0.2, 0.25) is 0 Å². The number of fused-ring (bicyclic) bond motifs is 1. The number of hydrogen-bond donors (Lipinski definition) is 0. The minimum absolute atomic E-state index is 0.131. The van der Waals surface area contributed by atoms with Crippen LogP contribution in [-0.4, -0.2) is 0 Å². The van der Waals surface area contributed by atoms with Crippen molar-refractivity contribution in [2.45, 2.75) is 54.2 Å². The molecule has 2 unspecified atom stereocenters. The van der Waals surface area contributed by atoms with E-state index in [2.05, 4.69) is 71.0 Å². The Kier molecular flexibility index (Phi) is 5.11. The van der Waals surface area contributed by atoms with Crippen molar-refractivity contribution in [3.63, 3.8) is 0 Å². The first kappa shape index (κ1) is 18.7. The van der Waals surface area contributed by atoms with Crippen molar-refractivity contribution in [1.82, 2.24) is 0 Å². The van der Waals surface area contributed by atoms with Gasteiger partial charge in [-0.05, 0) is 0 Å². The molecule has 0 fully saturated rings. The van der Waals surface area contributed by atoms with Gasteiger partial charge in [-0.2, -0.15) is 0 Å². The summed E-state index contributed by atoms with van der Waals surface area (Å²) in [5, 5.41) is 0. The molecule has 0 spiro atoms. The Morgan fingerprint density at radius 1 is 1.08 bits per heavy atom. The Labute approximate surface area is 158 Å².